The molecule has 70 valence electrons. The lowest BCUT2D eigenvalue weighted by atomic mass is 10.2. The first-order valence-corrected chi connectivity index (χ1v) is 4.80. The van der Waals surface area contributed by atoms with Gasteiger partial charge in [0.15, 0.2) is 0 Å². The maximum absolute atomic E-state index is 11.8. The topological polar surface area (TPSA) is 49.4 Å². The van der Waals surface area contributed by atoms with Crippen molar-refractivity contribution < 1.29 is 9.59 Å². The number of carbonyl (C=O) groups is 2. The summed E-state index contributed by atoms with van der Waals surface area (Å²) in [5, 5.41) is 2.78. The van der Waals surface area contributed by atoms with Crippen LogP contribution in [0, 0.1) is 5.92 Å². The minimum absolute atomic E-state index is 0.0202. The Bertz CT molecular complexity index is 309. The number of carbonyl (C=O) groups excluding carboxylic acids is 2. The molecular weight excluding hydrogens is 168 g/mol. The minimum atomic E-state index is -0.459. The molecule has 0 bridgehead atoms. The van der Waals surface area contributed by atoms with Gasteiger partial charge in [0, 0.05) is 6.04 Å². The predicted molar refractivity (Wildman–Crippen MR) is 44.9 cm³/mol. The van der Waals surface area contributed by atoms with Gasteiger partial charge >= 0.3 is 6.03 Å². The van der Waals surface area contributed by atoms with Crippen LogP contribution in [0.4, 0.5) is 4.79 Å². The van der Waals surface area contributed by atoms with Gasteiger partial charge < -0.3 is 5.32 Å². The number of hydrogen-bond donors (Lipinski definition) is 1. The fourth-order valence-electron chi connectivity index (χ4n) is 2.07. The van der Waals surface area contributed by atoms with E-state index >= 15 is 0 Å². The highest BCUT2D eigenvalue weighted by atomic mass is 16.2. The molecule has 3 rings (SSSR count). The molecule has 2 saturated carbocycles. The molecule has 1 spiro atoms. The lowest BCUT2D eigenvalue weighted by molar-refractivity contribution is -0.128. The average molecular weight is 180 g/mol. The van der Waals surface area contributed by atoms with Crippen molar-refractivity contribution in [2.45, 2.75) is 37.8 Å². The molecule has 1 heterocycles. The van der Waals surface area contributed by atoms with Crippen LogP contribution in [0.15, 0.2) is 0 Å². The lowest BCUT2D eigenvalue weighted by Crippen LogP contribution is -2.34. The van der Waals surface area contributed by atoms with Gasteiger partial charge in [0.2, 0.25) is 0 Å². The molecule has 1 saturated heterocycles. The molecule has 4 heteroatoms. The number of urea groups is 1. The molecule has 2 unspecified atom stereocenters. The van der Waals surface area contributed by atoms with Crippen LogP contribution < -0.4 is 5.32 Å². The van der Waals surface area contributed by atoms with Crippen LogP contribution in [0.1, 0.15) is 26.2 Å². The summed E-state index contributed by atoms with van der Waals surface area (Å²) in [7, 11) is 0. The van der Waals surface area contributed by atoms with Gasteiger partial charge in [-0.15, -0.1) is 0 Å². The highest BCUT2D eigenvalue weighted by Gasteiger charge is 2.63. The van der Waals surface area contributed by atoms with Crippen molar-refractivity contribution in [2.24, 2.45) is 5.92 Å². The first-order chi connectivity index (χ1) is 6.14. The van der Waals surface area contributed by atoms with Crippen LogP contribution in [-0.2, 0) is 4.79 Å². The second-order valence-corrected chi connectivity index (χ2v) is 4.47. The van der Waals surface area contributed by atoms with E-state index in [4.69, 9.17) is 0 Å². The van der Waals surface area contributed by atoms with Crippen molar-refractivity contribution in [2.75, 3.05) is 0 Å². The molecule has 2 aliphatic carbocycles. The molecule has 13 heavy (non-hydrogen) atoms. The summed E-state index contributed by atoms with van der Waals surface area (Å²) >= 11 is 0. The van der Waals surface area contributed by atoms with Crippen LogP contribution in [0.2, 0.25) is 0 Å². The van der Waals surface area contributed by atoms with Crippen LogP contribution in [0.25, 0.3) is 0 Å². The smallest absolute Gasteiger partial charge is 0.323 e. The van der Waals surface area contributed by atoms with Crippen LogP contribution >= 0.6 is 0 Å². The number of amides is 3. The summed E-state index contributed by atoms with van der Waals surface area (Å²) in [6.45, 7) is 2.07. The highest BCUT2D eigenvalue weighted by molar-refractivity contribution is 6.09. The second-order valence-electron chi connectivity index (χ2n) is 4.47. The third kappa shape index (κ3) is 0.806. The summed E-state index contributed by atoms with van der Waals surface area (Å²) in [4.78, 5) is 24.7. The molecule has 3 fully saturated rings. The number of nitrogens with one attached hydrogen (secondary N) is 1. The normalized spacial score (nSPS) is 39.6. The van der Waals surface area contributed by atoms with E-state index < -0.39 is 5.54 Å². The summed E-state index contributed by atoms with van der Waals surface area (Å²) in [6.07, 6.45) is 2.64. The van der Waals surface area contributed by atoms with Crippen molar-refractivity contribution in [3.63, 3.8) is 0 Å². The number of nitrogens with zero attached hydrogens (tertiary/aromatic N) is 1. The van der Waals surface area contributed by atoms with Gasteiger partial charge in [-0.25, -0.2) is 4.79 Å². The molecule has 3 aliphatic rings. The van der Waals surface area contributed by atoms with E-state index in [1.54, 1.807) is 0 Å². The van der Waals surface area contributed by atoms with Gasteiger partial charge in [-0.2, -0.15) is 0 Å². The van der Waals surface area contributed by atoms with Gasteiger partial charge in [0.1, 0.15) is 5.54 Å². The van der Waals surface area contributed by atoms with E-state index in [9.17, 15) is 9.59 Å². The summed E-state index contributed by atoms with van der Waals surface area (Å²) in [5.74, 6) is 0.524. The van der Waals surface area contributed by atoms with Gasteiger partial charge in [-0.3, -0.25) is 9.69 Å². The van der Waals surface area contributed by atoms with E-state index in [0.717, 1.165) is 19.3 Å². The summed E-state index contributed by atoms with van der Waals surface area (Å²) in [5.41, 5.74) is -0.459. The zero-order valence-electron chi connectivity index (χ0n) is 7.54. The number of hydrogen-bond acceptors (Lipinski definition) is 2. The van der Waals surface area contributed by atoms with E-state index in [2.05, 4.69) is 12.2 Å². The van der Waals surface area contributed by atoms with E-state index in [1.807, 2.05) is 0 Å². The van der Waals surface area contributed by atoms with Crippen molar-refractivity contribution in [1.82, 2.24) is 10.2 Å². The number of imide groups is 1. The summed E-state index contributed by atoms with van der Waals surface area (Å²) in [6, 6.07) is 0.0179. The van der Waals surface area contributed by atoms with E-state index in [-0.39, 0.29) is 18.0 Å². The van der Waals surface area contributed by atoms with Crippen LogP contribution in [0.5, 0.6) is 0 Å². The molecule has 0 aromatic rings. The molecule has 0 aromatic carbocycles. The van der Waals surface area contributed by atoms with Crippen molar-refractivity contribution in [3.8, 4) is 0 Å². The third-order valence-corrected chi connectivity index (χ3v) is 3.34. The SMILES string of the molecule is CC1CC1N1C(=O)NC2(CC2)C1=O. The van der Waals surface area contributed by atoms with Gasteiger partial charge in [-0.05, 0) is 25.2 Å². The van der Waals surface area contributed by atoms with Crippen molar-refractivity contribution >= 4 is 11.9 Å². The highest BCUT2D eigenvalue weighted by Crippen LogP contribution is 2.45. The van der Waals surface area contributed by atoms with Gasteiger partial charge in [0.25, 0.3) is 5.91 Å². The maximum atomic E-state index is 11.8. The first kappa shape index (κ1) is 7.35. The molecule has 1 N–H and O–H groups in total. The maximum Gasteiger partial charge on any atom is 0.325 e. The lowest BCUT2D eigenvalue weighted by Gasteiger charge is -2.11. The largest absolute Gasteiger partial charge is 0.325 e. The first-order valence-electron chi connectivity index (χ1n) is 4.80. The van der Waals surface area contributed by atoms with E-state index in [1.165, 1.54) is 4.90 Å². The van der Waals surface area contributed by atoms with Crippen LogP contribution in [-0.4, -0.2) is 28.4 Å². The van der Waals surface area contributed by atoms with Crippen LogP contribution in [0.3, 0.4) is 0 Å². The molecule has 1 aliphatic heterocycles. The third-order valence-electron chi connectivity index (χ3n) is 3.34. The fraction of sp³-hybridized carbons (Fsp3) is 0.778. The quantitative estimate of drug-likeness (QED) is 0.597. The van der Waals surface area contributed by atoms with Gasteiger partial charge in [0.05, 0.1) is 0 Å². The fourth-order valence-corrected chi connectivity index (χ4v) is 2.07. The monoisotopic (exact) mass is 180 g/mol. The standard InChI is InChI=1S/C9H12N2O2/c1-5-4-6(5)11-7(12)9(2-3-9)10-8(11)13/h5-6H,2-4H2,1H3,(H,10,13). The Labute approximate surface area is 76.3 Å². The predicted octanol–water partition coefficient (Wildman–Crippen LogP) is 0.479. The molecule has 2 atom stereocenters. The zero-order valence-corrected chi connectivity index (χ0v) is 7.54. The average Bonchev–Trinajstić information content (AvgIpc) is 2.91. The Hall–Kier alpha value is -1.06. The van der Waals surface area contributed by atoms with Crippen molar-refractivity contribution in [3.05, 3.63) is 0 Å². The van der Waals surface area contributed by atoms with E-state index in [0.29, 0.717) is 5.92 Å². The molecular formula is C9H12N2O2. The molecule has 0 aromatic heterocycles. The Morgan fingerprint density at radius 3 is 2.46 bits per heavy atom. The summed E-state index contributed by atoms with van der Waals surface area (Å²) < 4.78 is 0. The molecule has 0 radical (unpaired) electrons. The Balaban J connectivity index is 1.88. The molecule has 3 amide bonds. The number of rotatable bonds is 1. The van der Waals surface area contributed by atoms with Gasteiger partial charge in [-0.1, -0.05) is 6.92 Å². The Morgan fingerprint density at radius 2 is 2.08 bits per heavy atom. The minimum Gasteiger partial charge on any atom is -0.323 e. The zero-order chi connectivity index (χ0) is 9.22. The Kier molecular flexibility index (Phi) is 1.07. The Morgan fingerprint density at radius 1 is 1.46 bits per heavy atom. The molecule has 4 nitrogen and oxygen atoms in total. The van der Waals surface area contributed by atoms with Crippen molar-refractivity contribution in [1.29, 1.82) is 0 Å². The second kappa shape index (κ2) is 1.89.